The molecule has 0 amide bonds. The van der Waals surface area contributed by atoms with Crippen LogP contribution < -0.4 is 5.69 Å². The van der Waals surface area contributed by atoms with Crippen LogP contribution in [0.15, 0.2) is 22.1 Å². The molecule has 2 aromatic rings. The summed E-state index contributed by atoms with van der Waals surface area (Å²) in [5, 5.41) is 17.7. The predicted molar refractivity (Wildman–Crippen MR) is 72.1 cm³/mol. The highest BCUT2D eigenvalue weighted by Gasteiger charge is 2.18. The molecular formula is C11H12N4O3S. The maximum Gasteiger partial charge on any atom is 0.348 e. The lowest BCUT2D eigenvalue weighted by Gasteiger charge is -2.09. The van der Waals surface area contributed by atoms with Crippen LogP contribution in [0, 0.1) is 24.0 Å². The van der Waals surface area contributed by atoms with E-state index in [0.717, 1.165) is 5.56 Å². The number of H-pyrrole nitrogens is 1. The normalized spacial score (nSPS) is 10.7. The number of rotatable bonds is 3. The summed E-state index contributed by atoms with van der Waals surface area (Å²) in [5.41, 5.74) is 1.39. The minimum Gasteiger partial charge on any atom is -0.258 e. The monoisotopic (exact) mass is 280 g/mol. The van der Waals surface area contributed by atoms with Gasteiger partial charge in [-0.05, 0) is 31.7 Å². The number of aromatic amines is 1. The molecule has 100 valence electrons. The van der Waals surface area contributed by atoms with Gasteiger partial charge in [-0.1, -0.05) is 11.8 Å². The standard InChI is InChI=1S/C11H12N4O3S/c1-6-4-7(2)9(15(17)18)5-8(6)14-10(16)12-13-11(14)19-3/h4-5H,1-3H3,(H,12,16). The smallest absolute Gasteiger partial charge is 0.258 e. The first-order chi connectivity index (χ1) is 8.95. The quantitative estimate of drug-likeness (QED) is 0.525. The number of nitrogens with one attached hydrogen (secondary N) is 1. The van der Waals surface area contributed by atoms with Crippen molar-refractivity contribution in [2.75, 3.05) is 6.26 Å². The van der Waals surface area contributed by atoms with Gasteiger partial charge in [0.05, 0.1) is 10.6 Å². The van der Waals surface area contributed by atoms with E-state index in [1.807, 2.05) is 0 Å². The molecule has 1 aromatic carbocycles. The van der Waals surface area contributed by atoms with E-state index in [9.17, 15) is 14.9 Å². The van der Waals surface area contributed by atoms with Crippen LogP contribution in [-0.2, 0) is 0 Å². The number of hydrogen-bond acceptors (Lipinski definition) is 5. The number of hydrogen-bond donors (Lipinski definition) is 1. The third-order valence-corrected chi connectivity index (χ3v) is 3.42. The molecule has 2 rings (SSSR count). The lowest BCUT2D eigenvalue weighted by Crippen LogP contribution is -2.17. The molecule has 0 aliphatic rings. The summed E-state index contributed by atoms with van der Waals surface area (Å²) in [6.07, 6.45) is 1.78. The van der Waals surface area contributed by atoms with E-state index >= 15 is 0 Å². The number of nitrogens with zero attached hydrogens (tertiary/aromatic N) is 3. The number of nitro groups is 1. The molecular weight excluding hydrogens is 268 g/mol. The van der Waals surface area contributed by atoms with Gasteiger partial charge in [-0.15, -0.1) is 5.10 Å². The van der Waals surface area contributed by atoms with Crippen molar-refractivity contribution in [1.29, 1.82) is 0 Å². The van der Waals surface area contributed by atoms with Crippen molar-refractivity contribution >= 4 is 17.4 Å². The Morgan fingerprint density at radius 3 is 2.63 bits per heavy atom. The second-order valence-electron chi connectivity index (χ2n) is 4.03. The molecule has 8 heteroatoms. The van der Waals surface area contributed by atoms with Crippen LogP contribution in [0.5, 0.6) is 0 Å². The fourth-order valence-corrected chi connectivity index (χ4v) is 2.40. The van der Waals surface area contributed by atoms with Crippen LogP contribution in [-0.4, -0.2) is 25.9 Å². The maximum atomic E-state index is 11.8. The first-order valence-corrected chi connectivity index (χ1v) is 6.65. The molecule has 0 aliphatic carbocycles. The predicted octanol–water partition coefficient (Wildman–Crippen LogP) is 1.81. The highest BCUT2D eigenvalue weighted by atomic mass is 32.2. The topological polar surface area (TPSA) is 93.8 Å². The Morgan fingerprint density at radius 2 is 2.05 bits per heavy atom. The minimum absolute atomic E-state index is 0.0132. The van der Waals surface area contributed by atoms with Gasteiger partial charge in [0.15, 0.2) is 5.16 Å². The molecule has 1 heterocycles. The van der Waals surface area contributed by atoms with E-state index in [-0.39, 0.29) is 5.69 Å². The van der Waals surface area contributed by atoms with Crippen LogP contribution in [0.2, 0.25) is 0 Å². The molecule has 1 aromatic heterocycles. The minimum atomic E-state index is -0.456. The lowest BCUT2D eigenvalue weighted by atomic mass is 10.1. The fraction of sp³-hybridized carbons (Fsp3) is 0.273. The summed E-state index contributed by atoms with van der Waals surface area (Å²) in [6.45, 7) is 3.47. The van der Waals surface area contributed by atoms with Gasteiger partial charge >= 0.3 is 5.69 Å². The van der Waals surface area contributed by atoms with Gasteiger partial charge in [-0.2, -0.15) is 0 Å². The fourth-order valence-electron chi connectivity index (χ4n) is 1.90. The molecule has 19 heavy (non-hydrogen) atoms. The van der Waals surface area contributed by atoms with Crippen molar-refractivity contribution in [3.05, 3.63) is 43.9 Å². The molecule has 0 aliphatic heterocycles. The van der Waals surface area contributed by atoms with Gasteiger partial charge in [0.25, 0.3) is 5.69 Å². The third-order valence-electron chi connectivity index (χ3n) is 2.78. The van der Waals surface area contributed by atoms with E-state index in [4.69, 9.17) is 0 Å². The number of benzene rings is 1. The Morgan fingerprint density at radius 1 is 1.37 bits per heavy atom. The molecule has 0 saturated heterocycles. The Labute approximate surface area is 112 Å². The molecule has 0 atom stereocenters. The maximum absolute atomic E-state index is 11.8. The molecule has 7 nitrogen and oxygen atoms in total. The molecule has 0 spiro atoms. The van der Waals surface area contributed by atoms with Gasteiger partial charge in [0.2, 0.25) is 0 Å². The van der Waals surface area contributed by atoms with Gasteiger partial charge < -0.3 is 0 Å². The Balaban J connectivity index is 2.75. The van der Waals surface area contributed by atoms with Gasteiger partial charge in [0.1, 0.15) is 0 Å². The Bertz CT molecular complexity index is 704. The summed E-state index contributed by atoms with van der Waals surface area (Å²) in [4.78, 5) is 22.3. The first kappa shape index (κ1) is 13.3. The molecule has 0 radical (unpaired) electrons. The van der Waals surface area contributed by atoms with Gasteiger partial charge in [-0.25, -0.2) is 14.5 Å². The largest absolute Gasteiger partial charge is 0.348 e. The van der Waals surface area contributed by atoms with E-state index in [1.165, 1.54) is 22.4 Å². The van der Waals surface area contributed by atoms with Crippen molar-refractivity contribution in [3.8, 4) is 5.69 Å². The van der Waals surface area contributed by atoms with Crippen molar-refractivity contribution in [2.45, 2.75) is 19.0 Å². The highest BCUT2D eigenvalue weighted by molar-refractivity contribution is 7.98. The molecule has 1 N–H and O–H groups in total. The zero-order chi connectivity index (χ0) is 14.2. The summed E-state index contributed by atoms with van der Waals surface area (Å²) in [6, 6.07) is 3.10. The van der Waals surface area contributed by atoms with Crippen LogP contribution >= 0.6 is 11.8 Å². The van der Waals surface area contributed by atoms with Crippen LogP contribution in [0.1, 0.15) is 11.1 Å². The zero-order valence-electron chi connectivity index (χ0n) is 10.6. The summed E-state index contributed by atoms with van der Waals surface area (Å²) in [5.74, 6) is 0. The SMILES string of the molecule is CSc1n[nH]c(=O)n1-c1cc([N+](=O)[O-])c(C)cc1C. The van der Waals surface area contributed by atoms with E-state index < -0.39 is 10.6 Å². The molecule has 0 bridgehead atoms. The van der Waals surface area contributed by atoms with Gasteiger partial charge in [0, 0.05) is 11.6 Å². The first-order valence-electron chi connectivity index (χ1n) is 5.43. The number of nitro benzene ring substituents is 1. The number of aromatic nitrogens is 3. The number of aryl methyl sites for hydroxylation is 2. The van der Waals surface area contributed by atoms with Crippen LogP contribution in [0.4, 0.5) is 5.69 Å². The summed E-state index contributed by atoms with van der Waals surface area (Å²) in [7, 11) is 0. The van der Waals surface area contributed by atoms with Crippen molar-refractivity contribution in [2.24, 2.45) is 0 Å². The van der Waals surface area contributed by atoms with Crippen molar-refractivity contribution in [1.82, 2.24) is 14.8 Å². The van der Waals surface area contributed by atoms with Crippen LogP contribution in [0.25, 0.3) is 5.69 Å². The third kappa shape index (κ3) is 2.26. The summed E-state index contributed by atoms with van der Waals surface area (Å²) >= 11 is 1.29. The van der Waals surface area contributed by atoms with E-state index in [1.54, 1.807) is 26.2 Å². The summed E-state index contributed by atoms with van der Waals surface area (Å²) < 4.78 is 1.34. The Hall–Kier alpha value is -2.09. The van der Waals surface area contributed by atoms with Gasteiger partial charge in [-0.3, -0.25) is 10.1 Å². The lowest BCUT2D eigenvalue weighted by molar-refractivity contribution is -0.385. The average Bonchev–Trinajstić information content (AvgIpc) is 2.70. The highest BCUT2D eigenvalue weighted by Crippen LogP contribution is 2.26. The molecule has 0 saturated carbocycles. The van der Waals surface area contributed by atoms with Crippen molar-refractivity contribution in [3.63, 3.8) is 0 Å². The van der Waals surface area contributed by atoms with Crippen LogP contribution in [0.3, 0.4) is 0 Å². The van der Waals surface area contributed by atoms with E-state index in [2.05, 4.69) is 10.2 Å². The Kier molecular flexibility index (Phi) is 3.43. The number of thioether (sulfide) groups is 1. The van der Waals surface area contributed by atoms with E-state index in [0.29, 0.717) is 16.4 Å². The molecule has 0 unspecified atom stereocenters. The average molecular weight is 280 g/mol. The van der Waals surface area contributed by atoms with Crippen molar-refractivity contribution < 1.29 is 4.92 Å². The second-order valence-corrected chi connectivity index (χ2v) is 4.81. The zero-order valence-corrected chi connectivity index (χ0v) is 11.4. The molecule has 0 fully saturated rings. The second kappa shape index (κ2) is 4.88.